The number of methoxy groups -OCH3 is 1. The second kappa shape index (κ2) is 9.24. The van der Waals surface area contributed by atoms with Crippen molar-refractivity contribution in [2.75, 3.05) is 27.1 Å². The summed E-state index contributed by atoms with van der Waals surface area (Å²) < 4.78 is 21.8. The van der Waals surface area contributed by atoms with Crippen LogP contribution in [-0.2, 0) is 9.47 Å². The van der Waals surface area contributed by atoms with Gasteiger partial charge in [-0.15, -0.1) is 0 Å². The number of aromatic nitrogens is 1. The van der Waals surface area contributed by atoms with Crippen LogP contribution < -0.4 is 9.47 Å². The Balaban J connectivity index is 2.79. The summed E-state index contributed by atoms with van der Waals surface area (Å²) >= 11 is 3.30. The molecule has 0 aliphatic heterocycles. The van der Waals surface area contributed by atoms with Gasteiger partial charge < -0.3 is 18.9 Å². The molecular formula is C15H24BrNO5Si. The van der Waals surface area contributed by atoms with Crippen LogP contribution in [0.25, 0.3) is 0 Å². The number of ether oxygens (including phenoxy) is 4. The maximum absolute atomic E-state index is 12.1. The molecule has 0 aliphatic rings. The molecule has 1 rings (SSSR count). The second-order valence-electron chi connectivity index (χ2n) is 6.02. The number of nitrogens with zero attached hydrogens (tertiary/aromatic N) is 1. The molecule has 0 N–H and O–H groups in total. The first-order valence-electron chi connectivity index (χ1n) is 7.40. The molecule has 0 spiro atoms. The predicted octanol–water partition coefficient (Wildman–Crippen LogP) is 3.72. The minimum atomic E-state index is -1.14. The van der Waals surface area contributed by atoms with E-state index in [0.29, 0.717) is 16.8 Å². The smallest absolute Gasteiger partial charge is 0.347 e. The van der Waals surface area contributed by atoms with Gasteiger partial charge in [0.25, 0.3) is 0 Å². The topological polar surface area (TPSA) is 66.9 Å². The normalized spacial score (nSPS) is 11.2. The molecule has 1 aromatic heterocycles. The lowest BCUT2D eigenvalue weighted by Gasteiger charge is -2.16. The molecule has 130 valence electrons. The summed E-state index contributed by atoms with van der Waals surface area (Å²) in [5.74, 6) is -0.0812. The second-order valence-corrected chi connectivity index (χ2v) is 12.5. The van der Waals surface area contributed by atoms with Crippen molar-refractivity contribution in [1.82, 2.24) is 4.98 Å². The third-order valence-corrected chi connectivity index (χ3v) is 5.18. The Kier molecular flexibility index (Phi) is 8.00. The van der Waals surface area contributed by atoms with Gasteiger partial charge in [-0.05, 0) is 28.9 Å². The molecule has 0 radical (unpaired) electrons. The van der Waals surface area contributed by atoms with E-state index in [9.17, 15) is 4.79 Å². The van der Waals surface area contributed by atoms with Crippen molar-refractivity contribution in [1.29, 1.82) is 0 Å². The van der Waals surface area contributed by atoms with Crippen LogP contribution in [0.4, 0.5) is 0 Å². The van der Waals surface area contributed by atoms with Crippen molar-refractivity contribution in [2.45, 2.75) is 32.6 Å². The fourth-order valence-electron chi connectivity index (χ4n) is 1.68. The molecule has 0 bridgehead atoms. The molecule has 0 saturated heterocycles. The Bertz CT molecular complexity index is 533. The summed E-state index contributed by atoms with van der Waals surface area (Å²) in [6.07, 6.45) is 1.51. The molecule has 0 unspecified atom stereocenters. The average Bonchev–Trinajstić information content (AvgIpc) is 2.46. The van der Waals surface area contributed by atoms with Crippen LogP contribution in [0.5, 0.6) is 11.6 Å². The highest BCUT2D eigenvalue weighted by Gasteiger charge is 2.24. The van der Waals surface area contributed by atoms with Crippen LogP contribution in [0.3, 0.4) is 0 Å². The first-order valence-corrected chi connectivity index (χ1v) is 11.9. The Morgan fingerprint density at radius 1 is 1.35 bits per heavy atom. The zero-order valence-corrected chi connectivity index (χ0v) is 16.9. The zero-order chi connectivity index (χ0) is 17.5. The molecule has 0 fully saturated rings. The van der Waals surface area contributed by atoms with Gasteiger partial charge in [0, 0.05) is 20.9 Å². The van der Waals surface area contributed by atoms with Crippen LogP contribution in [-0.4, -0.2) is 46.1 Å². The Labute approximate surface area is 146 Å². The molecule has 0 atom stereocenters. The molecule has 8 heteroatoms. The molecule has 0 amide bonds. The number of pyridine rings is 1. The lowest BCUT2D eigenvalue weighted by molar-refractivity contribution is 0.0173. The van der Waals surface area contributed by atoms with E-state index in [2.05, 4.69) is 40.6 Å². The number of rotatable bonds is 9. The van der Waals surface area contributed by atoms with Crippen molar-refractivity contribution >= 4 is 30.0 Å². The predicted molar refractivity (Wildman–Crippen MR) is 94.0 cm³/mol. The van der Waals surface area contributed by atoms with E-state index < -0.39 is 14.0 Å². The van der Waals surface area contributed by atoms with Gasteiger partial charge in [-0.3, -0.25) is 0 Å². The van der Waals surface area contributed by atoms with Gasteiger partial charge in [0.05, 0.1) is 18.2 Å². The Hall–Kier alpha value is -1.12. The van der Waals surface area contributed by atoms with Crippen LogP contribution in [0.2, 0.25) is 25.7 Å². The first kappa shape index (κ1) is 19.9. The van der Waals surface area contributed by atoms with Crippen molar-refractivity contribution in [2.24, 2.45) is 0 Å². The summed E-state index contributed by atoms with van der Waals surface area (Å²) in [5.41, 5.74) is 0.150. The highest BCUT2D eigenvalue weighted by molar-refractivity contribution is 9.10. The van der Waals surface area contributed by atoms with Gasteiger partial charge in [-0.25, -0.2) is 9.78 Å². The maximum Gasteiger partial charge on any atom is 0.347 e. The SMILES string of the molecule is CCOC(=O)c1c(OCOCC[Si](C)(C)C)ncc(Br)c1OC. The molecule has 23 heavy (non-hydrogen) atoms. The number of carbonyl (C=O) groups excluding carboxylic acids is 1. The monoisotopic (exact) mass is 405 g/mol. The lowest BCUT2D eigenvalue weighted by Crippen LogP contribution is -2.22. The fourth-order valence-corrected chi connectivity index (χ4v) is 2.90. The summed E-state index contributed by atoms with van der Waals surface area (Å²) in [6.45, 7) is 9.45. The first-order chi connectivity index (χ1) is 10.8. The summed E-state index contributed by atoms with van der Waals surface area (Å²) in [6, 6.07) is 1.04. The van der Waals surface area contributed by atoms with E-state index in [1.165, 1.54) is 13.3 Å². The van der Waals surface area contributed by atoms with E-state index in [1.54, 1.807) is 6.92 Å². The average molecular weight is 406 g/mol. The van der Waals surface area contributed by atoms with Crippen LogP contribution in [0.15, 0.2) is 10.7 Å². The van der Waals surface area contributed by atoms with Gasteiger partial charge in [0.2, 0.25) is 5.88 Å². The van der Waals surface area contributed by atoms with Crippen molar-refractivity contribution in [3.63, 3.8) is 0 Å². The van der Waals surface area contributed by atoms with Gasteiger partial charge in [0.15, 0.2) is 18.1 Å². The molecule has 0 saturated carbocycles. The van der Waals surface area contributed by atoms with E-state index in [1.807, 2.05) is 0 Å². The number of halogens is 1. The van der Waals surface area contributed by atoms with E-state index >= 15 is 0 Å². The van der Waals surface area contributed by atoms with E-state index in [4.69, 9.17) is 18.9 Å². The molecular weight excluding hydrogens is 382 g/mol. The van der Waals surface area contributed by atoms with E-state index in [0.717, 1.165) is 6.04 Å². The number of carbonyl (C=O) groups is 1. The maximum atomic E-state index is 12.1. The van der Waals surface area contributed by atoms with Crippen molar-refractivity contribution in [3.8, 4) is 11.6 Å². The van der Waals surface area contributed by atoms with Gasteiger partial charge in [-0.2, -0.15) is 0 Å². The van der Waals surface area contributed by atoms with E-state index in [-0.39, 0.29) is 24.8 Å². The third-order valence-electron chi connectivity index (χ3n) is 2.91. The van der Waals surface area contributed by atoms with Gasteiger partial charge in [0.1, 0.15) is 0 Å². The summed E-state index contributed by atoms with van der Waals surface area (Å²) in [5, 5.41) is 0. The lowest BCUT2D eigenvalue weighted by atomic mass is 10.2. The summed E-state index contributed by atoms with van der Waals surface area (Å²) in [7, 11) is 0.325. The Morgan fingerprint density at radius 3 is 2.61 bits per heavy atom. The summed E-state index contributed by atoms with van der Waals surface area (Å²) in [4.78, 5) is 16.3. The number of hydrogen-bond acceptors (Lipinski definition) is 6. The van der Waals surface area contributed by atoms with Crippen molar-refractivity contribution < 1.29 is 23.7 Å². The minimum Gasteiger partial charge on any atom is -0.494 e. The molecule has 1 aromatic rings. The van der Waals surface area contributed by atoms with Crippen LogP contribution in [0, 0.1) is 0 Å². The Morgan fingerprint density at radius 2 is 2.04 bits per heavy atom. The molecule has 0 aromatic carbocycles. The van der Waals surface area contributed by atoms with Gasteiger partial charge in [-0.1, -0.05) is 19.6 Å². The molecule has 0 aliphatic carbocycles. The highest BCUT2D eigenvalue weighted by Crippen LogP contribution is 2.34. The molecule has 6 nitrogen and oxygen atoms in total. The number of esters is 1. The fraction of sp³-hybridized carbons (Fsp3) is 0.600. The zero-order valence-electron chi connectivity index (χ0n) is 14.3. The standard InChI is InChI=1S/C15H24BrNO5Si/c1-6-21-15(18)12-13(19-2)11(16)9-17-14(12)22-10-20-7-8-23(3,4)5/h9H,6-8,10H2,1-5H3. The quantitative estimate of drug-likeness (QED) is 0.270. The van der Waals surface area contributed by atoms with Crippen LogP contribution >= 0.6 is 15.9 Å². The number of hydrogen-bond donors (Lipinski definition) is 0. The van der Waals surface area contributed by atoms with Gasteiger partial charge >= 0.3 is 5.97 Å². The minimum absolute atomic E-state index is 0.0225. The van der Waals surface area contributed by atoms with Crippen molar-refractivity contribution in [3.05, 3.63) is 16.2 Å². The largest absolute Gasteiger partial charge is 0.494 e. The van der Waals surface area contributed by atoms with Crippen LogP contribution in [0.1, 0.15) is 17.3 Å². The third kappa shape index (κ3) is 6.48. The highest BCUT2D eigenvalue weighted by atomic mass is 79.9. The molecule has 1 heterocycles.